The van der Waals surface area contributed by atoms with Gasteiger partial charge in [-0.3, -0.25) is 0 Å². The van der Waals surface area contributed by atoms with Crippen LogP contribution in [0.15, 0.2) is 12.3 Å². The first-order valence-electron chi connectivity index (χ1n) is 4.64. The van der Waals surface area contributed by atoms with Crippen LogP contribution in [0, 0.1) is 25.7 Å². The highest BCUT2D eigenvalue weighted by Gasteiger charge is 2.04. The van der Waals surface area contributed by atoms with Crippen LogP contribution in [0.5, 0.6) is 0 Å². The highest BCUT2D eigenvalue weighted by Crippen LogP contribution is 2.05. The fraction of sp³-hybridized carbons (Fsp3) is 0.417. The zero-order valence-electron chi connectivity index (χ0n) is 9.18. The van der Waals surface area contributed by atoms with Gasteiger partial charge in [0.15, 0.2) is 0 Å². The van der Waals surface area contributed by atoms with Crippen LogP contribution in [0.2, 0.25) is 0 Å². The van der Waals surface area contributed by atoms with E-state index in [9.17, 15) is 0 Å². The Hall–Kier alpha value is -1.33. The number of pyridine rings is 1. The van der Waals surface area contributed by atoms with E-state index in [0.29, 0.717) is 0 Å². The lowest BCUT2D eigenvalue weighted by Gasteiger charge is -2.07. The molecule has 14 heavy (non-hydrogen) atoms. The molecule has 0 amide bonds. The van der Waals surface area contributed by atoms with Gasteiger partial charge in [0.2, 0.25) is 0 Å². The van der Waals surface area contributed by atoms with E-state index in [1.54, 1.807) is 0 Å². The molecule has 2 N–H and O–H groups in total. The fourth-order valence-corrected chi connectivity index (χ4v) is 1.07. The number of hydrogen-bond acceptors (Lipinski definition) is 2. The maximum atomic E-state index is 5.76. The van der Waals surface area contributed by atoms with Gasteiger partial charge in [0.05, 0.1) is 5.54 Å². The molecular weight excluding hydrogens is 172 g/mol. The molecule has 1 heterocycles. The summed E-state index contributed by atoms with van der Waals surface area (Å²) in [5.41, 5.74) is 8.37. The smallest absolute Gasteiger partial charge is 0.116 e. The van der Waals surface area contributed by atoms with Crippen molar-refractivity contribution in [3.05, 3.63) is 29.1 Å². The summed E-state index contributed by atoms with van der Waals surface area (Å²) in [5, 5.41) is 0. The molecule has 0 saturated carbocycles. The van der Waals surface area contributed by atoms with Crippen molar-refractivity contribution in [2.24, 2.45) is 5.73 Å². The number of nitrogens with two attached hydrogens (primary N) is 1. The molecule has 2 heteroatoms. The standard InChI is InChI=1S/C12H16N2/c1-9-7-10(2)11(14-8-9)5-6-12(3,4)13/h7-8H,13H2,1-4H3. The number of nitrogens with zero attached hydrogens (tertiary/aromatic N) is 1. The van der Waals surface area contributed by atoms with Gasteiger partial charge in [-0.15, -0.1) is 0 Å². The van der Waals surface area contributed by atoms with E-state index in [0.717, 1.165) is 16.8 Å². The van der Waals surface area contributed by atoms with E-state index < -0.39 is 5.54 Å². The molecule has 1 aromatic rings. The maximum Gasteiger partial charge on any atom is 0.116 e. The van der Waals surface area contributed by atoms with Crippen LogP contribution < -0.4 is 5.73 Å². The van der Waals surface area contributed by atoms with Gasteiger partial charge in [-0.25, -0.2) is 4.98 Å². The van der Waals surface area contributed by atoms with Crippen LogP contribution in [-0.4, -0.2) is 10.5 Å². The summed E-state index contributed by atoms with van der Waals surface area (Å²) in [4.78, 5) is 4.25. The topological polar surface area (TPSA) is 38.9 Å². The second-order valence-electron chi connectivity index (χ2n) is 4.15. The summed E-state index contributed by atoms with van der Waals surface area (Å²) in [7, 11) is 0. The molecule has 0 bridgehead atoms. The van der Waals surface area contributed by atoms with Crippen molar-refractivity contribution < 1.29 is 0 Å². The van der Waals surface area contributed by atoms with Gasteiger partial charge in [0.1, 0.15) is 5.69 Å². The molecule has 0 aliphatic rings. The summed E-state index contributed by atoms with van der Waals surface area (Å²) in [6, 6.07) is 2.07. The quantitative estimate of drug-likeness (QED) is 0.630. The molecule has 0 saturated heterocycles. The number of aryl methyl sites for hydroxylation is 2. The van der Waals surface area contributed by atoms with Crippen molar-refractivity contribution in [3.8, 4) is 11.8 Å². The molecule has 2 nitrogen and oxygen atoms in total. The minimum Gasteiger partial charge on any atom is -0.316 e. The molecule has 0 atom stereocenters. The summed E-state index contributed by atoms with van der Waals surface area (Å²) < 4.78 is 0. The molecule has 0 aromatic carbocycles. The van der Waals surface area contributed by atoms with Crippen molar-refractivity contribution >= 4 is 0 Å². The minimum atomic E-state index is -0.459. The van der Waals surface area contributed by atoms with Crippen molar-refractivity contribution in [1.29, 1.82) is 0 Å². The average Bonchev–Trinajstić information content (AvgIpc) is 2.00. The Balaban J connectivity index is 3.02. The Labute approximate surface area is 85.5 Å². The van der Waals surface area contributed by atoms with E-state index >= 15 is 0 Å². The number of aromatic nitrogens is 1. The Bertz CT molecular complexity index is 389. The molecule has 0 aliphatic carbocycles. The monoisotopic (exact) mass is 188 g/mol. The minimum absolute atomic E-state index is 0.459. The van der Waals surface area contributed by atoms with Gasteiger partial charge in [-0.2, -0.15) is 0 Å². The molecule has 1 aromatic heterocycles. The van der Waals surface area contributed by atoms with E-state index in [4.69, 9.17) is 5.73 Å². The second-order valence-corrected chi connectivity index (χ2v) is 4.15. The highest BCUT2D eigenvalue weighted by atomic mass is 14.7. The predicted molar refractivity (Wildman–Crippen MR) is 58.9 cm³/mol. The van der Waals surface area contributed by atoms with E-state index in [-0.39, 0.29) is 0 Å². The lowest BCUT2D eigenvalue weighted by molar-refractivity contribution is 0.680. The summed E-state index contributed by atoms with van der Waals surface area (Å²) in [6.07, 6.45) is 1.82. The van der Waals surface area contributed by atoms with Gasteiger partial charge in [-0.1, -0.05) is 12.0 Å². The highest BCUT2D eigenvalue weighted by molar-refractivity contribution is 5.37. The Kier molecular flexibility index (Phi) is 2.93. The molecule has 0 spiro atoms. The van der Waals surface area contributed by atoms with Crippen molar-refractivity contribution in [3.63, 3.8) is 0 Å². The average molecular weight is 188 g/mol. The molecule has 0 fully saturated rings. The first kappa shape index (κ1) is 10.7. The van der Waals surface area contributed by atoms with E-state index in [1.807, 2.05) is 33.9 Å². The summed E-state index contributed by atoms with van der Waals surface area (Å²) in [5.74, 6) is 5.96. The largest absolute Gasteiger partial charge is 0.316 e. The maximum absolute atomic E-state index is 5.76. The Morgan fingerprint density at radius 1 is 1.36 bits per heavy atom. The third-order valence-corrected chi connectivity index (χ3v) is 1.72. The third kappa shape index (κ3) is 3.20. The van der Waals surface area contributed by atoms with Crippen molar-refractivity contribution in [2.45, 2.75) is 33.2 Å². The molecule has 1 rings (SSSR count). The van der Waals surface area contributed by atoms with Crippen LogP contribution in [0.25, 0.3) is 0 Å². The SMILES string of the molecule is Cc1cnc(C#CC(C)(C)N)c(C)c1. The molecular formula is C12H16N2. The normalized spacial score (nSPS) is 10.6. The van der Waals surface area contributed by atoms with Crippen LogP contribution in [0.1, 0.15) is 30.7 Å². The van der Waals surface area contributed by atoms with Gasteiger partial charge >= 0.3 is 0 Å². The Morgan fingerprint density at radius 3 is 2.50 bits per heavy atom. The van der Waals surface area contributed by atoms with Crippen molar-refractivity contribution in [2.75, 3.05) is 0 Å². The summed E-state index contributed by atoms with van der Waals surface area (Å²) in [6.45, 7) is 7.78. The van der Waals surface area contributed by atoms with E-state index in [2.05, 4.69) is 22.9 Å². The fourth-order valence-electron chi connectivity index (χ4n) is 1.07. The molecule has 74 valence electrons. The van der Waals surface area contributed by atoms with Crippen LogP contribution in [-0.2, 0) is 0 Å². The number of rotatable bonds is 0. The Morgan fingerprint density at radius 2 is 2.00 bits per heavy atom. The zero-order chi connectivity index (χ0) is 10.8. The van der Waals surface area contributed by atoms with Gasteiger partial charge in [0.25, 0.3) is 0 Å². The molecule has 0 unspecified atom stereocenters. The summed E-state index contributed by atoms with van der Waals surface area (Å²) >= 11 is 0. The molecule has 0 aliphatic heterocycles. The lowest BCUT2D eigenvalue weighted by atomic mass is 10.1. The van der Waals surface area contributed by atoms with Crippen LogP contribution in [0.4, 0.5) is 0 Å². The predicted octanol–water partition coefficient (Wildman–Crippen LogP) is 1.79. The molecule has 0 radical (unpaired) electrons. The van der Waals surface area contributed by atoms with Crippen LogP contribution in [0.3, 0.4) is 0 Å². The van der Waals surface area contributed by atoms with Gasteiger partial charge in [-0.05, 0) is 44.7 Å². The first-order chi connectivity index (χ1) is 6.38. The van der Waals surface area contributed by atoms with Crippen molar-refractivity contribution in [1.82, 2.24) is 4.98 Å². The van der Waals surface area contributed by atoms with Gasteiger partial charge < -0.3 is 5.73 Å². The first-order valence-corrected chi connectivity index (χ1v) is 4.64. The van der Waals surface area contributed by atoms with Gasteiger partial charge in [0, 0.05) is 6.20 Å². The lowest BCUT2D eigenvalue weighted by Crippen LogP contribution is -2.29. The van der Waals surface area contributed by atoms with E-state index in [1.165, 1.54) is 0 Å². The second kappa shape index (κ2) is 3.81. The third-order valence-electron chi connectivity index (χ3n) is 1.72. The van der Waals surface area contributed by atoms with Crippen LogP contribution >= 0.6 is 0 Å². The zero-order valence-corrected chi connectivity index (χ0v) is 9.18. The number of hydrogen-bond donors (Lipinski definition) is 1.